The van der Waals surface area contributed by atoms with Crippen molar-refractivity contribution >= 4 is 11.7 Å². The van der Waals surface area contributed by atoms with E-state index in [1.165, 1.54) is 26.4 Å². The van der Waals surface area contributed by atoms with Crippen LogP contribution < -0.4 is 5.48 Å². The van der Waals surface area contributed by atoms with Gasteiger partial charge in [0.15, 0.2) is 6.04 Å². The van der Waals surface area contributed by atoms with Crippen molar-refractivity contribution in [1.82, 2.24) is 5.48 Å². The summed E-state index contributed by atoms with van der Waals surface area (Å²) >= 11 is 0. The Labute approximate surface area is 157 Å². The lowest BCUT2D eigenvalue weighted by atomic mass is 9.97. The van der Waals surface area contributed by atoms with E-state index in [9.17, 15) is 9.18 Å². The Morgan fingerprint density at radius 1 is 1.19 bits per heavy atom. The van der Waals surface area contributed by atoms with Crippen LogP contribution in [0.4, 0.5) is 4.39 Å². The van der Waals surface area contributed by atoms with E-state index in [0.29, 0.717) is 11.3 Å². The molecule has 0 aromatic heterocycles. The molecule has 27 heavy (non-hydrogen) atoms. The molecule has 0 bridgehead atoms. The highest BCUT2D eigenvalue weighted by molar-refractivity contribution is 5.98. The molecule has 0 radical (unpaired) electrons. The number of carbonyl (C=O) groups excluding carboxylic acids is 1. The van der Waals surface area contributed by atoms with Crippen molar-refractivity contribution in [2.75, 3.05) is 14.2 Å². The number of hydroxylamine groups is 1. The number of aryl methyl sites for hydroxylation is 1. The van der Waals surface area contributed by atoms with Gasteiger partial charge in [-0.05, 0) is 42.7 Å². The molecule has 2 aromatic carbocycles. The number of hydrogen-bond donors (Lipinski definition) is 1. The summed E-state index contributed by atoms with van der Waals surface area (Å²) in [6.45, 7) is 3.84. The van der Waals surface area contributed by atoms with Gasteiger partial charge in [0.2, 0.25) is 0 Å². The van der Waals surface area contributed by atoms with E-state index in [1.807, 2.05) is 19.1 Å². The molecule has 0 aliphatic carbocycles. The van der Waals surface area contributed by atoms with Gasteiger partial charge in [0, 0.05) is 5.56 Å². The summed E-state index contributed by atoms with van der Waals surface area (Å²) in [6, 6.07) is 10.8. The summed E-state index contributed by atoms with van der Waals surface area (Å²) in [7, 11) is 2.74. The second-order valence-corrected chi connectivity index (χ2v) is 5.88. The van der Waals surface area contributed by atoms with Crippen LogP contribution >= 0.6 is 0 Å². The average molecular weight is 374 g/mol. The number of benzene rings is 2. The summed E-state index contributed by atoms with van der Waals surface area (Å²) in [5.41, 5.74) is 6.44. The molecule has 6 nitrogen and oxygen atoms in total. The molecule has 0 fully saturated rings. The van der Waals surface area contributed by atoms with Gasteiger partial charge >= 0.3 is 5.97 Å². The molecule has 0 amide bonds. The molecule has 2 aromatic rings. The van der Waals surface area contributed by atoms with E-state index >= 15 is 0 Å². The van der Waals surface area contributed by atoms with E-state index < -0.39 is 12.0 Å². The van der Waals surface area contributed by atoms with Gasteiger partial charge in [-0.1, -0.05) is 35.5 Å². The molecule has 0 saturated heterocycles. The third kappa shape index (κ3) is 5.35. The number of nitrogens with zero attached hydrogens (tertiary/aromatic N) is 1. The van der Waals surface area contributed by atoms with Crippen molar-refractivity contribution in [3.05, 3.63) is 70.5 Å². The van der Waals surface area contributed by atoms with Crippen LogP contribution in [0.1, 0.15) is 35.2 Å². The van der Waals surface area contributed by atoms with Crippen molar-refractivity contribution in [2.45, 2.75) is 26.5 Å². The molecule has 1 unspecified atom stereocenters. The first-order valence-electron chi connectivity index (χ1n) is 8.35. The number of ether oxygens (including phenoxy) is 1. The van der Waals surface area contributed by atoms with Crippen molar-refractivity contribution in [1.29, 1.82) is 0 Å². The van der Waals surface area contributed by atoms with Gasteiger partial charge in [-0.2, -0.15) is 5.48 Å². The molecule has 144 valence electrons. The Bertz CT molecular complexity index is 806. The lowest BCUT2D eigenvalue weighted by molar-refractivity contribution is -0.147. The summed E-state index contributed by atoms with van der Waals surface area (Å²) < 4.78 is 17.9. The van der Waals surface area contributed by atoms with Crippen molar-refractivity contribution < 1.29 is 23.6 Å². The van der Waals surface area contributed by atoms with E-state index in [-0.39, 0.29) is 12.4 Å². The minimum absolute atomic E-state index is 0.152. The van der Waals surface area contributed by atoms with Crippen LogP contribution in [0.25, 0.3) is 0 Å². The normalized spacial score (nSPS) is 12.6. The van der Waals surface area contributed by atoms with E-state index in [0.717, 1.165) is 16.7 Å². The standard InChI is InChI=1S/C20H23FN2O4/c1-13-6-5-7-17(19(23-26-4)20(24)25-3)18(13)12-27-22-14(2)15-8-10-16(21)11-9-15/h5-11,19,23H,12H2,1-4H3/b22-14+. The third-order valence-corrected chi connectivity index (χ3v) is 4.10. The molecular formula is C20H23FN2O4. The van der Waals surface area contributed by atoms with Crippen molar-refractivity contribution in [3.8, 4) is 0 Å². The quantitative estimate of drug-likeness (QED) is 0.435. The van der Waals surface area contributed by atoms with E-state index in [4.69, 9.17) is 14.4 Å². The maximum absolute atomic E-state index is 13.0. The number of nitrogens with one attached hydrogen (secondary N) is 1. The highest BCUT2D eigenvalue weighted by Crippen LogP contribution is 2.23. The first-order valence-corrected chi connectivity index (χ1v) is 8.35. The molecule has 7 heteroatoms. The molecular weight excluding hydrogens is 351 g/mol. The number of rotatable bonds is 8. The Balaban J connectivity index is 2.21. The fourth-order valence-electron chi connectivity index (χ4n) is 2.60. The zero-order chi connectivity index (χ0) is 19.8. The van der Waals surface area contributed by atoms with Crippen LogP contribution in [0.2, 0.25) is 0 Å². The Morgan fingerprint density at radius 3 is 2.52 bits per heavy atom. The second-order valence-electron chi connectivity index (χ2n) is 5.88. The predicted molar refractivity (Wildman–Crippen MR) is 99.5 cm³/mol. The fourth-order valence-corrected chi connectivity index (χ4v) is 2.60. The molecule has 2 rings (SSSR count). The van der Waals surface area contributed by atoms with Gasteiger partial charge in [-0.25, -0.2) is 9.18 Å². The first kappa shape index (κ1) is 20.5. The van der Waals surface area contributed by atoms with Gasteiger partial charge in [0.05, 0.1) is 19.9 Å². The highest BCUT2D eigenvalue weighted by Gasteiger charge is 2.25. The van der Waals surface area contributed by atoms with Gasteiger partial charge in [0.25, 0.3) is 0 Å². The molecule has 0 spiro atoms. The van der Waals surface area contributed by atoms with Gasteiger partial charge in [-0.15, -0.1) is 0 Å². The minimum Gasteiger partial charge on any atom is -0.468 e. The SMILES string of the molecule is CONC(C(=O)OC)c1cccc(C)c1CO/N=C(\C)c1ccc(F)cc1. The zero-order valence-corrected chi connectivity index (χ0v) is 15.8. The topological polar surface area (TPSA) is 69.2 Å². The van der Waals surface area contributed by atoms with Gasteiger partial charge in [-0.3, -0.25) is 0 Å². The van der Waals surface area contributed by atoms with Crippen LogP contribution in [0, 0.1) is 12.7 Å². The van der Waals surface area contributed by atoms with Crippen molar-refractivity contribution in [3.63, 3.8) is 0 Å². The number of esters is 1. The van der Waals surface area contributed by atoms with Crippen molar-refractivity contribution in [2.24, 2.45) is 5.16 Å². The largest absolute Gasteiger partial charge is 0.468 e. The molecule has 1 atom stereocenters. The van der Waals surface area contributed by atoms with E-state index in [2.05, 4.69) is 10.6 Å². The first-order chi connectivity index (χ1) is 13.0. The molecule has 0 aliphatic rings. The van der Waals surface area contributed by atoms with Crippen LogP contribution in [-0.2, 0) is 25.8 Å². The summed E-state index contributed by atoms with van der Waals surface area (Å²) in [5.74, 6) is -0.786. The highest BCUT2D eigenvalue weighted by atomic mass is 19.1. The molecule has 1 N–H and O–H groups in total. The lowest BCUT2D eigenvalue weighted by Crippen LogP contribution is -2.30. The van der Waals surface area contributed by atoms with Gasteiger partial charge < -0.3 is 14.4 Å². The number of halogens is 1. The molecule has 0 aliphatic heterocycles. The van der Waals surface area contributed by atoms with E-state index in [1.54, 1.807) is 25.1 Å². The second kappa shape index (κ2) is 9.80. The maximum Gasteiger partial charge on any atom is 0.329 e. The number of hydrogen-bond acceptors (Lipinski definition) is 6. The third-order valence-electron chi connectivity index (χ3n) is 4.10. The Morgan fingerprint density at radius 2 is 1.89 bits per heavy atom. The number of carbonyl (C=O) groups is 1. The van der Waals surface area contributed by atoms with Crippen LogP contribution in [-0.4, -0.2) is 25.9 Å². The minimum atomic E-state index is -0.791. The molecule has 0 saturated carbocycles. The summed E-state index contributed by atoms with van der Waals surface area (Å²) in [6.07, 6.45) is 0. The molecule has 0 heterocycles. The van der Waals surface area contributed by atoms with Gasteiger partial charge in [0.1, 0.15) is 12.4 Å². The fraction of sp³-hybridized carbons (Fsp3) is 0.300. The lowest BCUT2D eigenvalue weighted by Gasteiger charge is -2.19. The summed E-state index contributed by atoms with van der Waals surface area (Å²) in [5, 5.41) is 4.10. The monoisotopic (exact) mass is 374 g/mol. The Kier molecular flexibility index (Phi) is 7.45. The Hall–Kier alpha value is -2.77. The van der Waals surface area contributed by atoms with Crippen LogP contribution in [0.5, 0.6) is 0 Å². The van der Waals surface area contributed by atoms with Crippen LogP contribution in [0.15, 0.2) is 47.6 Å². The average Bonchev–Trinajstić information content (AvgIpc) is 2.67. The van der Waals surface area contributed by atoms with Crippen LogP contribution in [0.3, 0.4) is 0 Å². The predicted octanol–water partition coefficient (Wildman–Crippen LogP) is 3.44. The number of methoxy groups -OCH3 is 1. The zero-order valence-electron chi connectivity index (χ0n) is 15.8. The summed E-state index contributed by atoms with van der Waals surface area (Å²) in [4.78, 5) is 22.5. The smallest absolute Gasteiger partial charge is 0.329 e. The number of oxime groups is 1. The maximum atomic E-state index is 13.0.